The molecule has 2 rings (SSSR count). The lowest BCUT2D eigenvalue weighted by Crippen LogP contribution is -1.97. The molecule has 0 unspecified atom stereocenters. The molecule has 0 aromatic heterocycles. The van der Waals surface area contributed by atoms with Crippen LogP contribution in [0.25, 0.3) is 0 Å². The number of nitro benzene ring substituents is 1. The number of hydrogen-bond acceptors (Lipinski definition) is 4. The Labute approximate surface area is 128 Å². The van der Waals surface area contributed by atoms with E-state index in [0.29, 0.717) is 21.5 Å². The Kier molecular flexibility index (Phi) is 4.23. The zero-order chi connectivity index (χ0) is 15.6. The van der Waals surface area contributed by atoms with Crippen molar-refractivity contribution in [3.63, 3.8) is 0 Å². The van der Waals surface area contributed by atoms with E-state index in [1.54, 1.807) is 13.0 Å². The van der Waals surface area contributed by atoms with Crippen molar-refractivity contribution in [3.05, 3.63) is 62.1 Å². The lowest BCUT2D eigenvalue weighted by molar-refractivity contribution is -0.385. The van der Waals surface area contributed by atoms with Crippen molar-refractivity contribution in [2.45, 2.75) is 6.92 Å². The molecule has 0 heterocycles. The second kappa shape index (κ2) is 5.92. The average Bonchev–Trinajstić information content (AvgIpc) is 2.42. The second-order valence-electron chi connectivity index (χ2n) is 4.21. The Morgan fingerprint density at radius 2 is 2.00 bits per heavy atom. The molecule has 0 radical (unpaired) electrons. The van der Waals surface area contributed by atoms with Gasteiger partial charge in [0.15, 0.2) is 0 Å². The normalized spacial score (nSPS) is 10.2. The number of hydrogen-bond donors (Lipinski definition) is 1. The standard InChI is InChI=1S/C14H10BrNO5/c1-8-11(16(19)20)3-2-4-12(8)21-13-6-5-9(14(17)18)7-10(13)15/h2-7H,1H3,(H,17,18). The van der Waals surface area contributed by atoms with Crippen LogP contribution >= 0.6 is 15.9 Å². The third-order valence-corrected chi connectivity index (χ3v) is 3.47. The van der Waals surface area contributed by atoms with Crippen molar-refractivity contribution in [1.29, 1.82) is 0 Å². The summed E-state index contributed by atoms with van der Waals surface area (Å²) in [6, 6.07) is 8.83. The van der Waals surface area contributed by atoms with Crippen LogP contribution < -0.4 is 4.74 Å². The van der Waals surface area contributed by atoms with E-state index in [1.165, 1.54) is 30.3 Å². The van der Waals surface area contributed by atoms with Crippen molar-refractivity contribution < 1.29 is 19.6 Å². The SMILES string of the molecule is Cc1c(Oc2ccc(C(=O)O)cc2Br)cccc1[N+](=O)[O-]. The van der Waals surface area contributed by atoms with E-state index in [4.69, 9.17) is 9.84 Å². The average molecular weight is 352 g/mol. The molecule has 0 aliphatic carbocycles. The van der Waals surface area contributed by atoms with Crippen molar-refractivity contribution in [2.75, 3.05) is 0 Å². The van der Waals surface area contributed by atoms with Gasteiger partial charge in [0.05, 0.1) is 20.5 Å². The predicted molar refractivity (Wildman–Crippen MR) is 79.0 cm³/mol. The maximum atomic E-state index is 10.9. The van der Waals surface area contributed by atoms with Gasteiger partial charge in [-0.3, -0.25) is 10.1 Å². The molecular weight excluding hydrogens is 342 g/mol. The van der Waals surface area contributed by atoms with E-state index in [2.05, 4.69) is 15.9 Å². The summed E-state index contributed by atoms with van der Waals surface area (Å²) in [6.07, 6.45) is 0. The summed E-state index contributed by atoms with van der Waals surface area (Å²) in [5, 5.41) is 19.8. The first-order valence-corrected chi connectivity index (χ1v) is 6.64. The maximum Gasteiger partial charge on any atom is 0.335 e. The Morgan fingerprint density at radius 1 is 1.29 bits per heavy atom. The molecule has 7 heteroatoms. The van der Waals surface area contributed by atoms with Crippen molar-refractivity contribution in [3.8, 4) is 11.5 Å². The van der Waals surface area contributed by atoms with Gasteiger partial charge in [-0.15, -0.1) is 0 Å². The van der Waals surface area contributed by atoms with Gasteiger partial charge >= 0.3 is 5.97 Å². The Bertz CT molecular complexity index is 729. The molecule has 2 aromatic carbocycles. The minimum atomic E-state index is -1.05. The summed E-state index contributed by atoms with van der Waals surface area (Å²) < 4.78 is 6.07. The van der Waals surface area contributed by atoms with Crippen LogP contribution in [0.5, 0.6) is 11.5 Å². The topological polar surface area (TPSA) is 89.7 Å². The van der Waals surface area contributed by atoms with Gasteiger partial charge in [-0.05, 0) is 47.1 Å². The van der Waals surface area contributed by atoms with Crippen molar-refractivity contribution >= 4 is 27.6 Å². The minimum Gasteiger partial charge on any atom is -0.478 e. The summed E-state index contributed by atoms with van der Waals surface area (Å²) in [5.41, 5.74) is 0.479. The van der Waals surface area contributed by atoms with E-state index in [0.717, 1.165) is 0 Å². The molecule has 0 saturated carbocycles. The summed E-state index contributed by atoms with van der Waals surface area (Å²) in [7, 11) is 0. The molecule has 0 atom stereocenters. The van der Waals surface area contributed by atoms with Gasteiger partial charge in [0.1, 0.15) is 11.5 Å². The summed E-state index contributed by atoms with van der Waals surface area (Å²) in [6.45, 7) is 1.59. The van der Waals surface area contributed by atoms with Gasteiger partial charge in [-0.25, -0.2) is 4.79 Å². The highest BCUT2D eigenvalue weighted by atomic mass is 79.9. The molecule has 0 spiro atoms. The van der Waals surface area contributed by atoms with Crippen molar-refractivity contribution in [2.24, 2.45) is 0 Å². The highest BCUT2D eigenvalue weighted by molar-refractivity contribution is 9.10. The van der Waals surface area contributed by atoms with Crippen LogP contribution in [-0.4, -0.2) is 16.0 Å². The Hall–Kier alpha value is -2.41. The summed E-state index contributed by atoms with van der Waals surface area (Å²) >= 11 is 3.22. The van der Waals surface area contributed by atoms with Gasteiger partial charge in [0, 0.05) is 6.07 Å². The number of benzene rings is 2. The fraction of sp³-hybridized carbons (Fsp3) is 0.0714. The number of nitro groups is 1. The van der Waals surface area contributed by atoms with Crippen LogP contribution in [-0.2, 0) is 0 Å². The molecule has 0 amide bonds. The number of rotatable bonds is 4. The number of nitrogens with zero attached hydrogens (tertiary/aromatic N) is 1. The largest absolute Gasteiger partial charge is 0.478 e. The quantitative estimate of drug-likeness (QED) is 0.659. The van der Waals surface area contributed by atoms with E-state index in [9.17, 15) is 14.9 Å². The predicted octanol–water partition coefficient (Wildman–Crippen LogP) is 4.16. The molecule has 6 nitrogen and oxygen atoms in total. The van der Waals surface area contributed by atoms with Gasteiger partial charge in [0.2, 0.25) is 0 Å². The number of carbonyl (C=O) groups is 1. The third kappa shape index (κ3) is 3.19. The number of carboxylic acid groups (broad SMARTS) is 1. The fourth-order valence-corrected chi connectivity index (χ4v) is 2.21. The van der Waals surface area contributed by atoms with Gasteiger partial charge in [-0.1, -0.05) is 6.07 Å². The van der Waals surface area contributed by atoms with Gasteiger partial charge in [0.25, 0.3) is 5.69 Å². The zero-order valence-corrected chi connectivity index (χ0v) is 12.5. The first-order valence-electron chi connectivity index (χ1n) is 5.85. The number of ether oxygens (including phenoxy) is 1. The molecule has 0 aliphatic heterocycles. The van der Waals surface area contributed by atoms with E-state index in [-0.39, 0.29) is 11.3 Å². The fourth-order valence-electron chi connectivity index (χ4n) is 1.75. The van der Waals surface area contributed by atoms with Gasteiger partial charge in [-0.2, -0.15) is 0 Å². The summed E-state index contributed by atoms with van der Waals surface area (Å²) in [5.74, 6) is -0.328. The third-order valence-electron chi connectivity index (χ3n) is 2.85. The first-order chi connectivity index (χ1) is 9.90. The summed E-state index contributed by atoms with van der Waals surface area (Å²) in [4.78, 5) is 21.3. The highest BCUT2D eigenvalue weighted by Crippen LogP contribution is 2.34. The number of aromatic carboxylic acids is 1. The smallest absolute Gasteiger partial charge is 0.335 e. The second-order valence-corrected chi connectivity index (χ2v) is 5.06. The van der Waals surface area contributed by atoms with Crippen LogP contribution in [0.2, 0.25) is 0 Å². The molecule has 2 aromatic rings. The number of halogens is 1. The van der Waals surface area contributed by atoms with Crippen LogP contribution in [0, 0.1) is 17.0 Å². The zero-order valence-electron chi connectivity index (χ0n) is 10.9. The minimum absolute atomic E-state index is 0.0363. The Balaban J connectivity index is 2.37. The molecular formula is C14H10BrNO5. The van der Waals surface area contributed by atoms with Gasteiger partial charge < -0.3 is 9.84 Å². The molecule has 0 fully saturated rings. The van der Waals surface area contributed by atoms with E-state index in [1.807, 2.05) is 0 Å². The highest BCUT2D eigenvalue weighted by Gasteiger charge is 2.16. The monoisotopic (exact) mass is 351 g/mol. The number of carboxylic acids is 1. The van der Waals surface area contributed by atoms with E-state index >= 15 is 0 Å². The molecule has 0 saturated heterocycles. The van der Waals surface area contributed by atoms with Crippen LogP contribution in [0.1, 0.15) is 15.9 Å². The lowest BCUT2D eigenvalue weighted by Gasteiger charge is -2.10. The molecule has 21 heavy (non-hydrogen) atoms. The van der Waals surface area contributed by atoms with Crippen LogP contribution in [0.3, 0.4) is 0 Å². The molecule has 0 aliphatic rings. The van der Waals surface area contributed by atoms with Crippen LogP contribution in [0.4, 0.5) is 5.69 Å². The lowest BCUT2D eigenvalue weighted by atomic mass is 10.2. The van der Waals surface area contributed by atoms with E-state index < -0.39 is 10.9 Å². The first kappa shape index (κ1) is 15.0. The van der Waals surface area contributed by atoms with Crippen molar-refractivity contribution in [1.82, 2.24) is 0 Å². The van der Waals surface area contributed by atoms with Crippen LogP contribution in [0.15, 0.2) is 40.9 Å². The maximum absolute atomic E-state index is 10.9. The Morgan fingerprint density at radius 3 is 2.57 bits per heavy atom. The molecule has 108 valence electrons. The molecule has 1 N–H and O–H groups in total. The molecule has 0 bridgehead atoms.